The summed E-state index contributed by atoms with van der Waals surface area (Å²) in [6.45, 7) is 0. The van der Waals surface area contributed by atoms with Gasteiger partial charge >= 0.3 is 0 Å². The van der Waals surface area contributed by atoms with Gasteiger partial charge in [0, 0.05) is 34.6 Å². The van der Waals surface area contributed by atoms with Crippen molar-refractivity contribution in [2.75, 3.05) is 0 Å². The van der Waals surface area contributed by atoms with Crippen molar-refractivity contribution in [3.8, 4) is 67.8 Å². The molecule has 2 aromatic heterocycles. The number of nitrogens with zero attached hydrogens (tertiary/aromatic N) is 5. The van der Waals surface area contributed by atoms with Crippen LogP contribution in [0.4, 0.5) is 0 Å². The number of rotatable bonds is 6. The minimum Gasteiger partial charge on any atom is -0.237 e. The molecule has 0 atom stereocenters. The quantitative estimate of drug-likeness (QED) is 0.193. The van der Waals surface area contributed by atoms with E-state index in [-0.39, 0.29) is 0 Å². The molecule has 0 saturated carbocycles. The van der Waals surface area contributed by atoms with Crippen molar-refractivity contribution in [2.45, 2.75) is 0 Å². The van der Waals surface area contributed by atoms with Crippen molar-refractivity contribution >= 4 is 10.8 Å². The van der Waals surface area contributed by atoms with Crippen molar-refractivity contribution in [2.24, 2.45) is 0 Å². The summed E-state index contributed by atoms with van der Waals surface area (Å²) in [5.74, 6) is 2.68. The van der Waals surface area contributed by atoms with Gasteiger partial charge in [-0.1, -0.05) is 133 Å². The SMILES string of the molecule is c1ccc(-c2nc(-c3ccccc3)nc(-c3ccc(-c4ccc5ccc(-c6ccc(-c7ncccn7)cc6)cc5c4)cc3)n2)cc1. The Hall–Kier alpha value is -6.33. The van der Waals surface area contributed by atoms with E-state index >= 15 is 0 Å². The van der Waals surface area contributed by atoms with Crippen LogP contribution in [0.5, 0.6) is 0 Å². The van der Waals surface area contributed by atoms with Gasteiger partial charge in [0.25, 0.3) is 0 Å². The molecule has 0 amide bonds. The second-order valence-electron chi connectivity index (χ2n) is 11.0. The number of fused-ring (bicyclic) bond motifs is 1. The summed E-state index contributed by atoms with van der Waals surface area (Å²) < 4.78 is 0. The molecule has 0 N–H and O–H groups in total. The molecular weight excluding hydrogens is 562 g/mol. The summed E-state index contributed by atoms with van der Waals surface area (Å²) in [7, 11) is 0. The van der Waals surface area contributed by atoms with Crippen LogP contribution in [0.1, 0.15) is 0 Å². The van der Waals surface area contributed by atoms with Gasteiger partial charge < -0.3 is 0 Å². The highest BCUT2D eigenvalue weighted by Crippen LogP contribution is 2.31. The van der Waals surface area contributed by atoms with Crippen LogP contribution in [0.25, 0.3) is 78.6 Å². The molecule has 6 aromatic carbocycles. The van der Waals surface area contributed by atoms with Gasteiger partial charge in [-0.3, -0.25) is 0 Å². The maximum Gasteiger partial charge on any atom is 0.164 e. The largest absolute Gasteiger partial charge is 0.237 e. The van der Waals surface area contributed by atoms with E-state index in [9.17, 15) is 0 Å². The molecule has 0 unspecified atom stereocenters. The van der Waals surface area contributed by atoms with Gasteiger partial charge in [0.05, 0.1) is 0 Å². The van der Waals surface area contributed by atoms with Crippen LogP contribution in [0.2, 0.25) is 0 Å². The second-order valence-corrected chi connectivity index (χ2v) is 11.0. The third-order valence-corrected chi connectivity index (χ3v) is 8.06. The van der Waals surface area contributed by atoms with Crippen molar-refractivity contribution in [1.29, 1.82) is 0 Å². The lowest BCUT2D eigenvalue weighted by atomic mass is 9.96. The molecule has 0 radical (unpaired) electrons. The van der Waals surface area contributed by atoms with Crippen LogP contribution >= 0.6 is 0 Å². The minimum atomic E-state index is 0.646. The maximum atomic E-state index is 4.87. The van der Waals surface area contributed by atoms with Crippen molar-refractivity contribution in [3.05, 3.63) is 164 Å². The smallest absolute Gasteiger partial charge is 0.164 e. The van der Waals surface area contributed by atoms with Gasteiger partial charge in [0.15, 0.2) is 23.3 Å². The fourth-order valence-corrected chi connectivity index (χ4v) is 5.62. The molecular formula is C41H27N5. The van der Waals surface area contributed by atoms with Gasteiger partial charge in [-0.15, -0.1) is 0 Å². The molecule has 216 valence electrons. The Morgan fingerprint density at radius 2 is 0.630 bits per heavy atom. The first-order chi connectivity index (χ1) is 22.8. The first kappa shape index (κ1) is 27.2. The zero-order chi connectivity index (χ0) is 30.7. The lowest BCUT2D eigenvalue weighted by Gasteiger charge is -2.10. The van der Waals surface area contributed by atoms with E-state index in [1.807, 2.05) is 66.7 Å². The van der Waals surface area contributed by atoms with E-state index in [1.165, 1.54) is 16.3 Å². The Balaban J connectivity index is 1.11. The molecule has 5 nitrogen and oxygen atoms in total. The van der Waals surface area contributed by atoms with E-state index < -0.39 is 0 Å². The van der Waals surface area contributed by atoms with Gasteiger partial charge in [-0.05, 0) is 51.2 Å². The molecule has 0 aliphatic carbocycles. The zero-order valence-electron chi connectivity index (χ0n) is 24.8. The predicted octanol–water partition coefficient (Wildman–Crippen LogP) is 9.82. The molecule has 0 aliphatic rings. The van der Waals surface area contributed by atoms with Crippen LogP contribution in [0.3, 0.4) is 0 Å². The molecule has 0 spiro atoms. The zero-order valence-corrected chi connectivity index (χ0v) is 24.8. The monoisotopic (exact) mass is 589 g/mol. The molecule has 8 rings (SSSR count). The van der Waals surface area contributed by atoms with Crippen LogP contribution in [0, 0.1) is 0 Å². The van der Waals surface area contributed by atoms with Crippen LogP contribution in [-0.2, 0) is 0 Å². The van der Waals surface area contributed by atoms with Crippen LogP contribution in [-0.4, -0.2) is 24.9 Å². The standard InChI is InChI=1S/C41H27N5/c1-3-8-31(9-4-1)39-44-40(32-10-5-2-6-11-32)46-41(45-39)34-20-14-29(15-21-34)36-23-17-30-16-22-35(26-37(30)27-36)28-12-18-33(19-13-28)38-42-24-7-25-43-38/h1-27H. The second kappa shape index (κ2) is 12.0. The number of hydrogen-bond donors (Lipinski definition) is 0. The molecule has 8 aromatic rings. The fraction of sp³-hybridized carbons (Fsp3) is 0. The summed E-state index contributed by atoms with van der Waals surface area (Å²) in [6, 6.07) is 52.0. The summed E-state index contributed by atoms with van der Waals surface area (Å²) >= 11 is 0. The van der Waals surface area contributed by atoms with Gasteiger partial charge in [-0.25, -0.2) is 24.9 Å². The Morgan fingerprint density at radius 1 is 0.261 bits per heavy atom. The van der Waals surface area contributed by atoms with E-state index in [0.717, 1.165) is 44.8 Å². The summed E-state index contributed by atoms with van der Waals surface area (Å²) in [5.41, 5.74) is 8.45. The molecule has 0 saturated heterocycles. The molecule has 0 bridgehead atoms. The number of hydrogen-bond acceptors (Lipinski definition) is 5. The summed E-state index contributed by atoms with van der Waals surface area (Å²) in [6.07, 6.45) is 3.53. The lowest BCUT2D eigenvalue weighted by molar-refractivity contribution is 1.07. The Morgan fingerprint density at radius 3 is 1.09 bits per heavy atom. The first-order valence-electron chi connectivity index (χ1n) is 15.2. The van der Waals surface area contributed by atoms with Crippen LogP contribution in [0.15, 0.2) is 164 Å². The maximum absolute atomic E-state index is 4.87. The number of benzene rings is 6. The minimum absolute atomic E-state index is 0.646. The third kappa shape index (κ3) is 5.53. The summed E-state index contributed by atoms with van der Waals surface area (Å²) in [4.78, 5) is 23.3. The Labute approximate surface area is 267 Å². The highest BCUT2D eigenvalue weighted by atomic mass is 15.0. The van der Waals surface area contributed by atoms with E-state index in [1.54, 1.807) is 12.4 Å². The van der Waals surface area contributed by atoms with E-state index in [4.69, 9.17) is 15.0 Å². The van der Waals surface area contributed by atoms with Crippen molar-refractivity contribution in [3.63, 3.8) is 0 Å². The van der Waals surface area contributed by atoms with Crippen molar-refractivity contribution in [1.82, 2.24) is 24.9 Å². The number of aromatic nitrogens is 5. The topological polar surface area (TPSA) is 64.5 Å². The molecule has 0 aliphatic heterocycles. The van der Waals surface area contributed by atoms with Gasteiger partial charge in [-0.2, -0.15) is 0 Å². The Kier molecular flexibility index (Phi) is 7.09. The highest BCUT2D eigenvalue weighted by molar-refractivity contribution is 5.91. The molecule has 46 heavy (non-hydrogen) atoms. The van der Waals surface area contributed by atoms with Gasteiger partial charge in [0.1, 0.15) is 0 Å². The van der Waals surface area contributed by atoms with Crippen LogP contribution < -0.4 is 0 Å². The normalized spacial score (nSPS) is 11.0. The predicted molar refractivity (Wildman–Crippen MR) is 186 cm³/mol. The molecule has 0 fully saturated rings. The molecule has 5 heteroatoms. The van der Waals surface area contributed by atoms with E-state index in [0.29, 0.717) is 17.5 Å². The average molecular weight is 590 g/mol. The van der Waals surface area contributed by atoms with Crippen molar-refractivity contribution < 1.29 is 0 Å². The average Bonchev–Trinajstić information content (AvgIpc) is 3.15. The lowest BCUT2D eigenvalue weighted by Crippen LogP contribution is -2.00. The highest BCUT2D eigenvalue weighted by Gasteiger charge is 2.12. The van der Waals surface area contributed by atoms with Gasteiger partial charge in [0.2, 0.25) is 0 Å². The van der Waals surface area contributed by atoms with E-state index in [2.05, 4.69) is 94.9 Å². The third-order valence-electron chi connectivity index (χ3n) is 8.06. The first-order valence-corrected chi connectivity index (χ1v) is 15.2. The Bertz CT molecular complexity index is 2210. The summed E-state index contributed by atoms with van der Waals surface area (Å²) in [5, 5.41) is 2.39. The fourth-order valence-electron chi connectivity index (χ4n) is 5.62. The molecule has 2 heterocycles.